The van der Waals surface area contributed by atoms with Gasteiger partial charge in [0.1, 0.15) is 11.3 Å². The molecule has 5 nitrogen and oxygen atoms in total. The maximum atomic E-state index is 4.89. The van der Waals surface area contributed by atoms with Crippen molar-refractivity contribution in [3.8, 4) is 0 Å². The van der Waals surface area contributed by atoms with E-state index in [-0.39, 0.29) is 0 Å². The molecule has 5 heteroatoms. The van der Waals surface area contributed by atoms with Gasteiger partial charge in [0.2, 0.25) is 0 Å². The Balaban J connectivity index is 1.62. The Morgan fingerprint density at radius 2 is 2.18 bits per heavy atom. The molecule has 0 aliphatic carbocycles. The summed E-state index contributed by atoms with van der Waals surface area (Å²) in [6.07, 6.45) is 8.09. The van der Waals surface area contributed by atoms with Crippen molar-refractivity contribution in [2.24, 2.45) is 5.92 Å². The minimum absolute atomic E-state index is 0.572. The molecule has 2 aliphatic heterocycles. The average molecular weight is 299 g/mol. The number of imidazole rings is 1. The lowest BCUT2D eigenvalue weighted by atomic mass is 9.96. The van der Waals surface area contributed by atoms with Gasteiger partial charge in [0.15, 0.2) is 5.65 Å². The maximum Gasteiger partial charge on any atom is 0.160 e. The highest BCUT2D eigenvalue weighted by Gasteiger charge is 2.22. The molecule has 0 aromatic carbocycles. The van der Waals surface area contributed by atoms with Crippen LogP contribution in [0.2, 0.25) is 0 Å². The Labute approximate surface area is 131 Å². The number of hydrogen-bond donors (Lipinski definition) is 2. The molecular weight excluding hydrogens is 274 g/mol. The number of piperidine rings is 1. The van der Waals surface area contributed by atoms with Crippen LogP contribution in [0.4, 0.5) is 0 Å². The second-order valence-electron chi connectivity index (χ2n) is 6.69. The first-order valence-electron chi connectivity index (χ1n) is 8.64. The summed E-state index contributed by atoms with van der Waals surface area (Å²) in [5.74, 6) is 1.93. The van der Waals surface area contributed by atoms with E-state index in [0.29, 0.717) is 12.0 Å². The molecule has 4 rings (SSSR count). The molecule has 2 unspecified atom stereocenters. The number of hydrogen-bond acceptors (Lipinski definition) is 4. The van der Waals surface area contributed by atoms with Gasteiger partial charge in [0, 0.05) is 25.2 Å². The fraction of sp³-hybridized carbons (Fsp3) is 0.647. The number of nitrogens with zero attached hydrogens (tertiary/aromatic N) is 3. The number of fused-ring (bicyclic) bond motifs is 1. The first-order chi connectivity index (χ1) is 10.9. The SMILES string of the molecule is c1cnc2c(c1)nc(CC1CCCNC1)n2CC1CCCN1. The largest absolute Gasteiger partial charge is 0.316 e. The summed E-state index contributed by atoms with van der Waals surface area (Å²) in [7, 11) is 0. The molecule has 118 valence electrons. The predicted octanol–water partition coefficient (Wildman–Crippen LogP) is 1.73. The summed E-state index contributed by atoms with van der Waals surface area (Å²) in [5.41, 5.74) is 2.09. The standard InChI is InChI=1S/C17H25N5/c1-4-13(11-18-7-1)10-16-21-15-6-3-9-20-17(15)22(16)12-14-5-2-8-19-14/h3,6,9,13-14,18-19H,1-2,4-5,7-8,10-12H2. The average Bonchev–Trinajstić information content (AvgIpc) is 3.18. The molecule has 2 aromatic rings. The molecule has 4 heterocycles. The molecule has 2 aliphatic rings. The van der Waals surface area contributed by atoms with E-state index >= 15 is 0 Å². The highest BCUT2D eigenvalue weighted by molar-refractivity contribution is 5.71. The first-order valence-corrected chi connectivity index (χ1v) is 8.64. The summed E-state index contributed by atoms with van der Waals surface area (Å²) < 4.78 is 2.37. The molecule has 0 amide bonds. The lowest BCUT2D eigenvalue weighted by Gasteiger charge is -2.23. The third-order valence-corrected chi connectivity index (χ3v) is 5.02. The number of pyridine rings is 1. The molecule has 2 fully saturated rings. The zero-order chi connectivity index (χ0) is 14.8. The van der Waals surface area contributed by atoms with E-state index in [1.54, 1.807) is 0 Å². The summed E-state index contributed by atoms with van der Waals surface area (Å²) in [4.78, 5) is 9.49. The van der Waals surface area contributed by atoms with Crippen LogP contribution in [0.15, 0.2) is 18.3 Å². The molecule has 2 saturated heterocycles. The predicted molar refractivity (Wildman–Crippen MR) is 87.9 cm³/mol. The van der Waals surface area contributed by atoms with Crippen LogP contribution in [0, 0.1) is 5.92 Å². The smallest absolute Gasteiger partial charge is 0.160 e. The van der Waals surface area contributed by atoms with E-state index in [0.717, 1.165) is 37.2 Å². The molecule has 2 atom stereocenters. The van der Waals surface area contributed by atoms with Gasteiger partial charge in [-0.1, -0.05) is 0 Å². The van der Waals surface area contributed by atoms with Gasteiger partial charge in [-0.25, -0.2) is 9.97 Å². The fourth-order valence-electron chi connectivity index (χ4n) is 3.84. The molecule has 2 aromatic heterocycles. The van der Waals surface area contributed by atoms with Crippen LogP contribution in [0.3, 0.4) is 0 Å². The van der Waals surface area contributed by atoms with Crippen molar-refractivity contribution >= 4 is 11.2 Å². The van der Waals surface area contributed by atoms with Crippen molar-refractivity contribution in [1.82, 2.24) is 25.2 Å². The minimum Gasteiger partial charge on any atom is -0.316 e. The van der Waals surface area contributed by atoms with Crippen LogP contribution >= 0.6 is 0 Å². The van der Waals surface area contributed by atoms with Crippen molar-refractivity contribution in [3.05, 3.63) is 24.2 Å². The van der Waals surface area contributed by atoms with Gasteiger partial charge >= 0.3 is 0 Å². The fourth-order valence-corrected chi connectivity index (χ4v) is 3.84. The van der Waals surface area contributed by atoms with E-state index < -0.39 is 0 Å². The third kappa shape index (κ3) is 2.88. The Morgan fingerprint density at radius 1 is 1.23 bits per heavy atom. The summed E-state index contributed by atoms with van der Waals surface area (Å²) >= 11 is 0. The Kier molecular flexibility index (Phi) is 4.08. The van der Waals surface area contributed by atoms with Crippen molar-refractivity contribution in [3.63, 3.8) is 0 Å². The van der Waals surface area contributed by atoms with Crippen molar-refractivity contribution in [2.45, 2.75) is 44.7 Å². The zero-order valence-electron chi connectivity index (χ0n) is 13.1. The van der Waals surface area contributed by atoms with Gasteiger partial charge in [-0.05, 0) is 63.4 Å². The van der Waals surface area contributed by atoms with Gasteiger partial charge in [-0.3, -0.25) is 0 Å². The van der Waals surface area contributed by atoms with E-state index in [1.165, 1.54) is 38.1 Å². The molecule has 22 heavy (non-hydrogen) atoms. The van der Waals surface area contributed by atoms with Crippen LogP contribution in [0.1, 0.15) is 31.5 Å². The highest BCUT2D eigenvalue weighted by atomic mass is 15.2. The normalized spacial score (nSPS) is 25.8. The second-order valence-corrected chi connectivity index (χ2v) is 6.69. The van der Waals surface area contributed by atoms with Gasteiger partial charge < -0.3 is 15.2 Å². The monoisotopic (exact) mass is 299 g/mol. The Hall–Kier alpha value is -1.46. The van der Waals surface area contributed by atoms with Crippen LogP contribution in [0.5, 0.6) is 0 Å². The zero-order valence-corrected chi connectivity index (χ0v) is 13.1. The molecular formula is C17H25N5. The topological polar surface area (TPSA) is 54.8 Å². The van der Waals surface area contributed by atoms with E-state index in [4.69, 9.17) is 4.98 Å². The van der Waals surface area contributed by atoms with Crippen LogP contribution in [0.25, 0.3) is 11.2 Å². The summed E-state index contributed by atoms with van der Waals surface area (Å²) in [6.45, 7) is 4.44. The molecule has 0 radical (unpaired) electrons. The highest BCUT2D eigenvalue weighted by Crippen LogP contribution is 2.21. The van der Waals surface area contributed by atoms with Crippen LogP contribution in [-0.4, -0.2) is 40.2 Å². The Bertz CT molecular complexity index is 623. The minimum atomic E-state index is 0.572. The van der Waals surface area contributed by atoms with Crippen LogP contribution in [-0.2, 0) is 13.0 Å². The number of nitrogens with one attached hydrogen (secondary N) is 2. The molecule has 0 bridgehead atoms. The van der Waals surface area contributed by atoms with Gasteiger partial charge in [0.05, 0.1) is 0 Å². The van der Waals surface area contributed by atoms with Crippen LogP contribution < -0.4 is 10.6 Å². The quantitative estimate of drug-likeness (QED) is 0.903. The number of rotatable bonds is 4. The summed E-state index contributed by atoms with van der Waals surface area (Å²) in [6, 6.07) is 4.64. The molecule has 2 N–H and O–H groups in total. The first kappa shape index (κ1) is 14.2. The molecule has 0 spiro atoms. The lowest BCUT2D eigenvalue weighted by molar-refractivity contribution is 0.364. The molecule has 0 saturated carbocycles. The van der Waals surface area contributed by atoms with E-state index in [2.05, 4.69) is 26.3 Å². The Morgan fingerprint density at radius 3 is 3.00 bits per heavy atom. The third-order valence-electron chi connectivity index (χ3n) is 5.02. The van der Waals surface area contributed by atoms with Gasteiger partial charge in [-0.2, -0.15) is 0 Å². The van der Waals surface area contributed by atoms with Crippen molar-refractivity contribution in [2.75, 3.05) is 19.6 Å². The van der Waals surface area contributed by atoms with Gasteiger partial charge in [-0.15, -0.1) is 0 Å². The lowest BCUT2D eigenvalue weighted by Crippen LogP contribution is -2.32. The van der Waals surface area contributed by atoms with E-state index in [9.17, 15) is 0 Å². The maximum absolute atomic E-state index is 4.89. The van der Waals surface area contributed by atoms with Gasteiger partial charge in [0.25, 0.3) is 0 Å². The second kappa shape index (κ2) is 6.34. The number of aromatic nitrogens is 3. The van der Waals surface area contributed by atoms with Crippen molar-refractivity contribution in [1.29, 1.82) is 0 Å². The van der Waals surface area contributed by atoms with Crippen molar-refractivity contribution < 1.29 is 0 Å². The summed E-state index contributed by atoms with van der Waals surface area (Å²) in [5, 5.41) is 7.12. The van der Waals surface area contributed by atoms with E-state index in [1.807, 2.05) is 12.3 Å².